The Morgan fingerprint density at radius 2 is 1.96 bits per heavy atom. The zero-order valence-corrected chi connectivity index (χ0v) is 15.5. The number of carbonyl (C=O) groups excluding carboxylic acids is 1. The van der Waals surface area contributed by atoms with Crippen LogP contribution >= 0.6 is 22.9 Å². The lowest BCUT2D eigenvalue weighted by atomic mass is 10.0. The number of hydrogen-bond acceptors (Lipinski definition) is 4. The second-order valence-corrected chi connectivity index (χ2v) is 7.43. The van der Waals surface area contributed by atoms with E-state index in [-0.39, 0.29) is 23.9 Å². The molecule has 0 saturated heterocycles. The molecule has 134 valence electrons. The topological polar surface area (TPSA) is 49.7 Å². The molecule has 0 amide bonds. The van der Waals surface area contributed by atoms with Crippen molar-refractivity contribution in [2.24, 2.45) is 4.99 Å². The molecule has 0 bridgehead atoms. The van der Waals surface area contributed by atoms with Gasteiger partial charge in [-0.05, 0) is 35.0 Å². The number of ketones is 1. The lowest BCUT2D eigenvalue weighted by Crippen LogP contribution is -2.02. The average Bonchev–Trinajstić information content (AvgIpc) is 2.99. The second kappa shape index (κ2) is 7.10. The number of rotatable bonds is 4. The Hall–Kier alpha value is -2.76. The van der Waals surface area contributed by atoms with Crippen molar-refractivity contribution in [3.63, 3.8) is 0 Å². The molecule has 0 spiro atoms. The molecule has 0 unspecified atom stereocenters. The molecule has 4 aromatic rings. The van der Waals surface area contributed by atoms with Gasteiger partial charge in [0.2, 0.25) is 0 Å². The van der Waals surface area contributed by atoms with Gasteiger partial charge in [-0.3, -0.25) is 9.79 Å². The number of phenols is 1. The molecule has 1 heterocycles. The van der Waals surface area contributed by atoms with Crippen molar-refractivity contribution in [2.45, 2.75) is 0 Å². The van der Waals surface area contributed by atoms with Gasteiger partial charge in [-0.2, -0.15) is 0 Å². The monoisotopic (exact) mass is 397 g/mol. The zero-order valence-electron chi connectivity index (χ0n) is 13.9. The van der Waals surface area contributed by atoms with Crippen LogP contribution in [0, 0.1) is 5.82 Å². The summed E-state index contributed by atoms with van der Waals surface area (Å²) in [7, 11) is 0. The van der Waals surface area contributed by atoms with Crippen molar-refractivity contribution < 1.29 is 14.3 Å². The zero-order chi connectivity index (χ0) is 19.0. The fourth-order valence-electron chi connectivity index (χ4n) is 2.93. The Kier molecular flexibility index (Phi) is 4.64. The first-order valence-corrected chi connectivity index (χ1v) is 9.35. The molecule has 0 fully saturated rings. The first-order chi connectivity index (χ1) is 13.0. The number of benzene rings is 3. The average molecular weight is 398 g/mol. The standard InChI is InChI=1S/C21H13ClFNO2S/c22-20-15-7-6-13(23)9-19(15)27-21(20)18(26)11-24-10-16-14-4-2-1-3-12(14)5-8-17(16)25/h1-10,25H,11H2. The highest BCUT2D eigenvalue weighted by Gasteiger charge is 2.17. The maximum Gasteiger partial charge on any atom is 0.195 e. The lowest BCUT2D eigenvalue weighted by molar-refractivity contribution is 0.101. The molecule has 1 aromatic heterocycles. The van der Waals surface area contributed by atoms with Crippen LogP contribution in [0.4, 0.5) is 4.39 Å². The summed E-state index contributed by atoms with van der Waals surface area (Å²) in [4.78, 5) is 17.1. The summed E-state index contributed by atoms with van der Waals surface area (Å²) in [6, 6.07) is 15.3. The summed E-state index contributed by atoms with van der Waals surface area (Å²) in [6.45, 7) is -0.113. The van der Waals surface area contributed by atoms with Crippen LogP contribution in [0.5, 0.6) is 5.75 Å². The summed E-state index contributed by atoms with van der Waals surface area (Å²) in [5, 5.41) is 12.9. The van der Waals surface area contributed by atoms with Gasteiger partial charge in [0.05, 0.1) is 9.90 Å². The van der Waals surface area contributed by atoms with Gasteiger partial charge in [0.1, 0.15) is 18.1 Å². The number of halogens is 2. The molecule has 27 heavy (non-hydrogen) atoms. The Morgan fingerprint density at radius 3 is 2.81 bits per heavy atom. The normalized spacial score (nSPS) is 11.6. The van der Waals surface area contributed by atoms with Crippen LogP contribution in [-0.4, -0.2) is 23.6 Å². The highest BCUT2D eigenvalue weighted by molar-refractivity contribution is 7.21. The first-order valence-electron chi connectivity index (χ1n) is 8.16. The van der Waals surface area contributed by atoms with E-state index in [0.717, 1.165) is 22.1 Å². The highest BCUT2D eigenvalue weighted by Crippen LogP contribution is 2.36. The second-order valence-electron chi connectivity index (χ2n) is 6.00. The molecule has 0 aliphatic rings. The summed E-state index contributed by atoms with van der Waals surface area (Å²) >= 11 is 7.43. The van der Waals surface area contributed by atoms with Gasteiger partial charge in [-0.25, -0.2) is 4.39 Å². The van der Waals surface area contributed by atoms with Gasteiger partial charge >= 0.3 is 0 Å². The van der Waals surface area contributed by atoms with E-state index >= 15 is 0 Å². The van der Waals surface area contributed by atoms with Crippen molar-refractivity contribution in [3.05, 3.63) is 75.9 Å². The molecular formula is C21H13ClFNO2S. The van der Waals surface area contributed by atoms with E-state index in [4.69, 9.17) is 11.6 Å². The number of aliphatic imine (C=N–C) groups is 1. The van der Waals surface area contributed by atoms with E-state index in [1.54, 1.807) is 12.1 Å². The molecule has 0 saturated carbocycles. The molecular weight excluding hydrogens is 385 g/mol. The van der Waals surface area contributed by atoms with Gasteiger partial charge in [0.15, 0.2) is 5.78 Å². The molecule has 0 atom stereocenters. The van der Waals surface area contributed by atoms with Crippen LogP contribution in [0.25, 0.3) is 20.9 Å². The fraction of sp³-hybridized carbons (Fsp3) is 0.0476. The van der Waals surface area contributed by atoms with Crippen molar-refractivity contribution in [1.82, 2.24) is 0 Å². The minimum absolute atomic E-state index is 0.0975. The molecule has 1 N–H and O–H groups in total. The number of Topliss-reactive ketones (excluding diaryl/α,β-unsaturated/α-hetero) is 1. The lowest BCUT2D eigenvalue weighted by Gasteiger charge is -2.04. The molecule has 4 rings (SSSR count). The van der Waals surface area contributed by atoms with Gasteiger partial charge in [0, 0.05) is 21.9 Å². The summed E-state index contributed by atoms with van der Waals surface area (Å²) < 4.78 is 14.0. The molecule has 6 heteroatoms. The van der Waals surface area contributed by atoms with E-state index in [0.29, 0.717) is 25.5 Å². The number of phenolic OH excluding ortho intramolecular Hbond substituents is 1. The van der Waals surface area contributed by atoms with Gasteiger partial charge in [0.25, 0.3) is 0 Å². The molecule has 0 radical (unpaired) electrons. The number of fused-ring (bicyclic) bond motifs is 2. The number of nitrogens with zero attached hydrogens (tertiary/aromatic N) is 1. The number of hydrogen-bond donors (Lipinski definition) is 1. The molecule has 3 nitrogen and oxygen atoms in total. The number of thiophene rings is 1. The van der Waals surface area contributed by atoms with Crippen LogP contribution in [0.1, 0.15) is 15.2 Å². The molecule has 0 aliphatic heterocycles. The van der Waals surface area contributed by atoms with Crippen LogP contribution in [0.2, 0.25) is 5.02 Å². The summed E-state index contributed by atoms with van der Waals surface area (Å²) in [6.07, 6.45) is 1.50. The van der Waals surface area contributed by atoms with Crippen LogP contribution in [-0.2, 0) is 0 Å². The Labute approximate surface area is 163 Å². The minimum Gasteiger partial charge on any atom is -0.507 e. The quantitative estimate of drug-likeness (QED) is 0.346. The van der Waals surface area contributed by atoms with E-state index < -0.39 is 0 Å². The van der Waals surface area contributed by atoms with Crippen molar-refractivity contribution in [2.75, 3.05) is 6.54 Å². The first kappa shape index (κ1) is 17.6. The predicted molar refractivity (Wildman–Crippen MR) is 109 cm³/mol. The predicted octanol–water partition coefficient (Wildman–Crippen LogP) is 5.85. The minimum atomic E-state index is -0.371. The summed E-state index contributed by atoms with van der Waals surface area (Å²) in [5.41, 5.74) is 0.561. The smallest absolute Gasteiger partial charge is 0.195 e. The third-order valence-corrected chi connectivity index (χ3v) is 5.95. The van der Waals surface area contributed by atoms with Gasteiger partial charge < -0.3 is 5.11 Å². The molecule has 0 aliphatic carbocycles. The van der Waals surface area contributed by atoms with Crippen LogP contribution in [0.3, 0.4) is 0 Å². The van der Waals surface area contributed by atoms with Crippen molar-refractivity contribution in [3.8, 4) is 5.75 Å². The number of carbonyl (C=O) groups is 1. The fourth-order valence-corrected chi connectivity index (χ4v) is 4.42. The summed E-state index contributed by atoms with van der Waals surface area (Å²) in [5.74, 6) is -0.526. The Bertz CT molecular complexity index is 1220. The highest BCUT2D eigenvalue weighted by atomic mass is 35.5. The van der Waals surface area contributed by atoms with Gasteiger partial charge in [-0.1, -0.05) is 41.9 Å². The van der Waals surface area contributed by atoms with Crippen LogP contribution in [0.15, 0.2) is 59.6 Å². The van der Waals surface area contributed by atoms with E-state index in [2.05, 4.69) is 4.99 Å². The van der Waals surface area contributed by atoms with E-state index in [1.165, 1.54) is 18.3 Å². The third-order valence-electron chi connectivity index (χ3n) is 4.25. The van der Waals surface area contributed by atoms with E-state index in [9.17, 15) is 14.3 Å². The Balaban J connectivity index is 1.62. The largest absolute Gasteiger partial charge is 0.507 e. The SMILES string of the molecule is O=C(CN=Cc1c(O)ccc2ccccc12)c1sc2cc(F)ccc2c1Cl. The maximum absolute atomic E-state index is 13.4. The third kappa shape index (κ3) is 3.31. The number of aromatic hydroxyl groups is 1. The maximum atomic E-state index is 13.4. The van der Waals surface area contributed by atoms with Crippen molar-refractivity contribution in [1.29, 1.82) is 0 Å². The van der Waals surface area contributed by atoms with Gasteiger partial charge in [-0.15, -0.1) is 11.3 Å². The van der Waals surface area contributed by atoms with Crippen molar-refractivity contribution >= 4 is 55.8 Å². The van der Waals surface area contributed by atoms with Crippen LogP contribution < -0.4 is 0 Å². The van der Waals surface area contributed by atoms with E-state index in [1.807, 2.05) is 30.3 Å². The molecule has 3 aromatic carbocycles. The Morgan fingerprint density at radius 1 is 1.15 bits per heavy atom.